The zero-order chi connectivity index (χ0) is 18.1. The number of hydrogen-bond acceptors (Lipinski definition) is 7. The number of hydrogen-bond donors (Lipinski definition) is 1. The molecule has 0 saturated heterocycles. The van der Waals surface area contributed by atoms with E-state index in [1.807, 2.05) is 17.7 Å². The predicted octanol–water partition coefficient (Wildman–Crippen LogP) is 2.44. The molecule has 3 aromatic rings. The zero-order valence-electron chi connectivity index (χ0n) is 14.3. The van der Waals surface area contributed by atoms with E-state index in [1.54, 1.807) is 27.5 Å². The number of methoxy groups -OCH3 is 3. The molecule has 0 unspecified atom stereocenters. The van der Waals surface area contributed by atoms with Crippen molar-refractivity contribution in [3.63, 3.8) is 0 Å². The summed E-state index contributed by atoms with van der Waals surface area (Å²) >= 11 is 6.21. The Morgan fingerprint density at radius 2 is 1.84 bits per heavy atom. The van der Waals surface area contributed by atoms with Crippen LogP contribution < -0.4 is 19.9 Å². The Balaban J connectivity index is 2.14. The van der Waals surface area contributed by atoms with Crippen molar-refractivity contribution in [2.75, 3.05) is 27.1 Å². The van der Waals surface area contributed by atoms with Crippen molar-refractivity contribution in [3.8, 4) is 17.2 Å². The van der Waals surface area contributed by atoms with Gasteiger partial charge in [-0.25, -0.2) is 4.98 Å². The molecule has 25 heavy (non-hydrogen) atoms. The number of aromatic nitrogens is 4. The summed E-state index contributed by atoms with van der Waals surface area (Å²) in [5.74, 6) is 1.58. The lowest BCUT2D eigenvalue weighted by atomic mass is 10.2. The van der Waals surface area contributed by atoms with Gasteiger partial charge < -0.3 is 24.5 Å². The smallest absolute Gasteiger partial charge is 0.223 e. The standard InChI is InChI=1S/C16H18ClN5O3/c1-8-6-22(15-11(8)14(17)20-16(18)21-15)7-9-12(24-3)13(25-4)10(23-2)5-19-9/h5-6H,7H2,1-4H3,(H2,18,20,21). The summed E-state index contributed by atoms with van der Waals surface area (Å²) < 4.78 is 18.0. The first-order valence-corrected chi connectivity index (χ1v) is 7.80. The maximum atomic E-state index is 6.21. The topological polar surface area (TPSA) is 97.3 Å². The fraction of sp³-hybridized carbons (Fsp3) is 0.312. The number of halogens is 1. The summed E-state index contributed by atoms with van der Waals surface area (Å²) in [6.45, 7) is 2.32. The summed E-state index contributed by atoms with van der Waals surface area (Å²) in [5, 5.41) is 1.08. The molecule has 2 N–H and O–H groups in total. The van der Waals surface area contributed by atoms with Gasteiger partial charge in [0.2, 0.25) is 11.7 Å². The fourth-order valence-corrected chi connectivity index (χ4v) is 3.11. The molecule has 9 heteroatoms. The van der Waals surface area contributed by atoms with E-state index in [-0.39, 0.29) is 5.95 Å². The minimum absolute atomic E-state index is 0.115. The Morgan fingerprint density at radius 1 is 1.12 bits per heavy atom. The Labute approximate surface area is 149 Å². The van der Waals surface area contributed by atoms with E-state index < -0.39 is 0 Å². The number of fused-ring (bicyclic) bond motifs is 1. The van der Waals surface area contributed by atoms with E-state index in [1.165, 1.54) is 0 Å². The fourth-order valence-electron chi connectivity index (χ4n) is 2.78. The van der Waals surface area contributed by atoms with E-state index >= 15 is 0 Å². The van der Waals surface area contributed by atoms with Crippen LogP contribution in [0.4, 0.5) is 5.95 Å². The number of aryl methyl sites for hydroxylation is 1. The summed E-state index contributed by atoms with van der Waals surface area (Å²) in [4.78, 5) is 12.7. The van der Waals surface area contributed by atoms with Crippen LogP contribution in [0.3, 0.4) is 0 Å². The molecule has 0 bridgehead atoms. The van der Waals surface area contributed by atoms with E-state index in [0.29, 0.717) is 40.3 Å². The summed E-state index contributed by atoms with van der Waals surface area (Å²) in [5.41, 5.74) is 7.97. The number of nitrogens with two attached hydrogens (primary N) is 1. The molecule has 0 fully saturated rings. The SMILES string of the molecule is COc1cnc(Cn2cc(C)c3c(Cl)nc(N)nc32)c(OC)c1OC. The minimum atomic E-state index is 0.115. The van der Waals surface area contributed by atoms with Gasteiger partial charge in [0, 0.05) is 6.20 Å². The van der Waals surface area contributed by atoms with Crippen molar-refractivity contribution in [2.24, 2.45) is 0 Å². The monoisotopic (exact) mass is 363 g/mol. The quantitative estimate of drug-likeness (QED) is 0.695. The molecule has 3 heterocycles. The first kappa shape index (κ1) is 17.1. The number of anilines is 1. The predicted molar refractivity (Wildman–Crippen MR) is 94.7 cm³/mol. The van der Waals surface area contributed by atoms with Crippen LogP contribution in [0.15, 0.2) is 12.4 Å². The third-order valence-electron chi connectivity index (χ3n) is 3.86. The number of nitrogen functional groups attached to an aromatic ring is 1. The van der Waals surface area contributed by atoms with Crippen molar-refractivity contribution in [3.05, 3.63) is 28.8 Å². The van der Waals surface area contributed by atoms with Gasteiger partial charge in [-0.3, -0.25) is 4.98 Å². The lowest BCUT2D eigenvalue weighted by molar-refractivity contribution is 0.318. The van der Waals surface area contributed by atoms with Crippen LogP contribution in [0.2, 0.25) is 5.15 Å². The normalized spacial score (nSPS) is 10.9. The summed E-state index contributed by atoms with van der Waals surface area (Å²) in [6.07, 6.45) is 3.51. The van der Waals surface area contributed by atoms with Crippen molar-refractivity contribution in [2.45, 2.75) is 13.5 Å². The van der Waals surface area contributed by atoms with Crippen molar-refractivity contribution >= 4 is 28.6 Å². The van der Waals surface area contributed by atoms with Crippen LogP contribution in [0.1, 0.15) is 11.3 Å². The molecule has 0 radical (unpaired) electrons. The van der Waals surface area contributed by atoms with Crippen molar-refractivity contribution in [1.29, 1.82) is 0 Å². The molecule has 8 nitrogen and oxygen atoms in total. The van der Waals surface area contributed by atoms with Gasteiger partial charge in [0.25, 0.3) is 0 Å². The lowest BCUT2D eigenvalue weighted by Gasteiger charge is -2.15. The largest absolute Gasteiger partial charge is 0.491 e. The number of nitrogens with zero attached hydrogens (tertiary/aromatic N) is 4. The van der Waals surface area contributed by atoms with Crippen LogP contribution in [-0.4, -0.2) is 40.8 Å². The molecule has 0 saturated carbocycles. The highest BCUT2D eigenvalue weighted by Crippen LogP contribution is 2.39. The Hall–Kier alpha value is -2.74. The Kier molecular flexibility index (Phi) is 4.54. The van der Waals surface area contributed by atoms with E-state index in [0.717, 1.165) is 10.9 Å². The second-order valence-corrected chi connectivity index (χ2v) is 5.71. The molecule has 0 aliphatic carbocycles. The average molecular weight is 364 g/mol. The highest BCUT2D eigenvalue weighted by molar-refractivity contribution is 6.34. The summed E-state index contributed by atoms with van der Waals surface area (Å²) in [6, 6.07) is 0. The Morgan fingerprint density at radius 3 is 2.48 bits per heavy atom. The van der Waals surface area contributed by atoms with Crippen molar-refractivity contribution in [1.82, 2.24) is 19.5 Å². The molecular weight excluding hydrogens is 346 g/mol. The van der Waals surface area contributed by atoms with Gasteiger partial charge in [-0.15, -0.1) is 0 Å². The van der Waals surface area contributed by atoms with E-state index in [4.69, 9.17) is 31.5 Å². The molecule has 0 atom stereocenters. The van der Waals surface area contributed by atoms with Crippen LogP contribution in [-0.2, 0) is 6.54 Å². The van der Waals surface area contributed by atoms with Crippen LogP contribution in [0.25, 0.3) is 11.0 Å². The second kappa shape index (κ2) is 6.64. The highest BCUT2D eigenvalue weighted by Gasteiger charge is 2.20. The van der Waals surface area contributed by atoms with E-state index in [9.17, 15) is 0 Å². The van der Waals surface area contributed by atoms with Crippen molar-refractivity contribution < 1.29 is 14.2 Å². The number of pyridine rings is 1. The minimum Gasteiger partial charge on any atom is -0.491 e. The highest BCUT2D eigenvalue weighted by atomic mass is 35.5. The van der Waals surface area contributed by atoms with Crippen LogP contribution in [0.5, 0.6) is 17.2 Å². The molecule has 132 valence electrons. The maximum Gasteiger partial charge on any atom is 0.223 e. The molecule has 0 aromatic carbocycles. The summed E-state index contributed by atoms with van der Waals surface area (Å²) in [7, 11) is 4.65. The molecule has 0 aliphatic heterocycles. The first-order chi connectivity index (χ1) is 12.0. The molecule has 0 aliphatic rings. The van der Waals surface area contributed by atoms with Gasteiger partial charge >= 0.3 is 0 Å². The van der Waals surface area contributed by atoms with Gasteiger partial charge in [0.15, 0.2) is 11.5 Å². The molecular formula is C16H18ClN5O3. The number of rotatable bonds is 5. The van der Waals surface area contributed by atoms with Gasteiger partial charge in [-0.1, -0.05) is 11.6 Å². The average Bonchev–Trinajstić information content (AvgIpc) is 2.89. The van der Waals surface area contributed by atoms with Gasteiger partial charge in [-0.2, -0.15) is 4.98 Å². The molecule has 0 spiro atoms. The first-order valence-electron chi connectivity index (χ1n) is 7.42. The Bertz CT molecular complexity index is 941. The van der Waals surface area contributed by atoms with Gasteiger partial charge in [-0.05, 0) is 12.5 Å². The lowest BCUT2D eigenvalue weighted by Crippen LogP contribution is -2.07. The molecule has 3 rings (SSSR count). The van der Waals surface area contributed by atoms with Gasteiger partial charge in [0.1, 0.15) is 16.5 Å². The zero-order valence-corrected chi connectivity index (χ0v) is 15.1. The third-order valence-corrected chi connectivity index (χ3v) is 4.13. The maximum absolute atomic E-state index is 6.21. The van der Waals surface area contributed by atoms with Crippen LogP contribution in [0, 0.1) is 6.92 Å². The van der Waals surface area contributed by atoms with Gasteiger partial charge in [0.05, 0.1) is 39.5 Å². The van der Waals surface area contributed by atoms with E-state index in [2.05, 4.69) is 15.0 Å². The number of ether oxygens (including phenoxy) is 3. The third kappa shape index (κ3) is 2.89. The van der Waals surface area contributed by atoms with Crippen LogP contribution >= 0.6 is 11.6 Å². The second-order valence-electron chi connectivity index (χ2n) is 5.35. The molecule has 0 amide bonds. The molecule has 3 aromatic heterocycles.